The van der Waals surface area contributed by atoms with Crippen LogP contribution in [0.2, 0.25) is 0 Å². The molecule has 12 nitrogen and oxygen atoms in total. The molecule has 2 unspecified atom stereocenters. The van der Waals surface area contributed by atoms with E-state index >= 15 is 0 Å². The standard InChI is InChI=1S/C30H40N2O10S/c1-12(2)19-23(35)18(26(31)38)24(36)30(40)25(37)20-22(34)17-14(9-10-16(21(17)33)32(41)42)15(11-43-13-7-5-6-8-13)28(20,3)27(39)29(19,30)4/h9-10,12-13,15,18-20,23,25,27,33,35,37,39-40H,5-8,11H2,1-4H3,(H2,31,38)/t15-,18-,19+,20-,23?,25?,27-,28+,29+,30+/m1/s1. The van der Waals surface area contributed by atoms with Crippen LogP contribution in [0.25, 0.3) is 0 Å². The van der Waals surface area contributed by atoms with Crippen LogP contribution in [0.4, 0.5) is 5.69 Å². The maximum Gasteiger partial charge on any atom is 0.311 e. The van der Waals surface area contributed by atoms with Crippen LogP contribution < -0.4 is 5.73 Å². The predicted molar refractivity (Wildman–Crippen MR) is 155 cm³/mol. The molecule has 0 radical (unpaired) electrons. The molecule has 5 rings (SSSR count). The van der Waals surface area contributed by atoms with E-state index < -0.39 is 104 Å². The Balaban J connectivity index is 1.79. The van der Waals surface area contributed by atoms with E-state index in [0.29, 0.717) is 5.75 Å². The first-order valence-corrected chi connectivity index (χ1v) is 15.8. The molecule has 0 spiro atoms. The van der Waals surface area contributed by atoms with Crippen molar-refractivity contribution in [3.05, 3.63) is 33.4 Å². The average Bonchev–Trinajstić information content (AvgIpc) is 3.43. The number of carbonyl (C=O) groups excluding carboxylic acids is 3. The van der Waals surface area contributed by atoms with Crippen molar-refractivity contribution in [2.75, 3.05) is 5.75 Å². The van der Waals surface area contributed by atoms with Gasteiger partial charge in [0.2, 0.25) is 11.7 Å². The molecule has 10 atom stereocenters. The van der Waals surface area contributed by atoms with E-state index in [1.54, 1.807) is 32.5 Å². The van der Waals surface area contributed by atoms with Crippen molar-refractivity contribution in [3.8, 4) is 5.75 Å². The second-order valence-corrected chi connectivity index (χ2v) is 14.9. The molecule has 236 valence electrons. The molecule has 4 aliphatic carbocycles. The first-order valence-electron chi connectivity index (χ1n) is 14.7. The minimum Gasteiger partial charge on any atom is -0.502 e. The number of benzene rings is 1. The largest absolute Gasteiger partial charge is 0.502 e. The van der Waals surface area contributed by atoms with Gasteiger partial charge in [-0.25, -0.2) is 0 Å². The van der Waals surface area contributed by atoms with E-state index in [1.807, 2.05) is 0 Å². The van der Waals surface area contributed by atoms with Crippen LogP contribution in [0.5, 0.6) is 5.75 Å². The summed E-state index contributed by atoms with van der Waals surface area (Å²) in [6.45, 7) is 6.35. The number of rotatable bonds is 6. The number of aliphatic hydroxyl groups excluding tert-OH is 3. The number of ketones is 2. The van der Waals surface area contributed by atoms with Gasteiger partial charge in [0.1, 0.15) is 12.0 Å². The average molecular weight is 621 g/mol. The number of fused-ring (bicyclic) bond motifs is 3. The molecule has 0 aromatic heterocycles. The number of phenols is 1. The lowest BCUT2D eigenvalue weighted by Crippen LogP contribution is -2.84. The number of amides is 1. The summed E-state index contributed by atoms with van der Waals surface area (Å²) in [5, 5.41) is 71.3. The van der Waals surface area contributed by atoms with Gasteiger partial charge < -0.3 is 31.3 Å². The van der Waals surface area contributed by atoms with E-state index in [2.05, 4.69) is 0 Å². The zero-order valence-corrected chi connectivity index (χ0v) is 25.4. The minimum absolute atomic E-state index is 0.261. The Hall–Kier alpha value is -2.58. The van der Waals surface area contributed by atoms with Crippen LogP contribution in [-0.2, 0) is 9.59 Å². The second-order valence-electron chi connectivity index (χ2n) is 13.6. The number of nitrogens with two attached hydrogens (primary N) is 1. The highest BCUT2D eigenvalue weighted by molar-refractivity contribution is 7.99. The van der Waals surface area contributed by atoms with Crippen LogP contribution in [0.3, 0.4) is 0 Å². The molecular weight excluding hydrogens is 580 g/mol. The SMILES string of the molecule is CC(C)[C@H]1C(O)[C@@H](C(N)=O)C(=O)[C@]2(O)C(O)[C@H]3C(=O)c4c(ccc([N+](=O)[O-])c4O)[C@@H](CSC4CCCC4)[C@]3(C)[C@@H](O)[C@]12C. The molecule has 1 aromatic carbocycles. The topological polar surface area (TPSA) is 222 Å². The zero-order chi connectivity index (χ0) is 32.0. The third-order valence-corrected chi connectivity index (χ3v) is 12.8. The predicted octanol–water partition coefficient (Wildman–Crippen LogP) is 1.67. The van der Waals surface area contributed by atoms with Crippen LogP contribution >= 0.6 is 11.8 Å². The third-order valence-electron chi connectivity index (χ3n) is 11.3. The lowest BCUT2D eigenvalue weighted by atomic mass is 9.36. The number of nitrogens with zero attached hydrogens (tertiary/aromatic N) is 1. The van der Waals surface area contributed by atoms with Crippen molar-refractivity contribution in [1.29, 1.82) is 0 Å². The third kappa shape index (κ3) is 4.00. The van der Waals surface area contributed by atoms with Gasteiger partial charge in [-0.1, -0.05) is 46.6 Å². The summed E-state index contributed by atoms with van der Waals surface area (Å²) in [6.07, 6.45) is -1.60. The Morgan fingerprint density at radius 1 is 1.16 bits per heavy atom. The highest BCUT2D eigenvalue weighted by atomic mass is 32.2. The summed E-state index contributed by atoms with van der Waals surface area (Å²) in [4.78, 5) is 51.6. The van der Waals surface area contributed by atoms with Crippen molar-refractivity contribution in [2.24, 2.45) is 40.2 Å². The maximum absolute atomic E-state index is 14.3. The fourth-order valence-corrected chi connectivity index (χ4v) is 11.0. The van der Waals surface area contributed by atoms with E-state index in [9.17, 15) is 50.0 Å². The molecule has 0 bridgehead atoms. The molecular formula is C30H40N2O10S. The Morgan fingerprint density at radius 3 is 2.30 bits per heavy atom. The fourth-order valence-electron chi connectivity index (χ4n) is 9.28. The Kier molecular flexibility index (Phi) is 7.78. The summed E-state index contributed by atoms with van der Waals surface area (Å²) < 4.78 is 0. The van der Waals surface area contributed by atoms with Gasteiger partial charge in [-0.3, -0.25) is 24.5 Å². The van der Waals surface area contributed by atoms with Gasteiger partial charge in [-0.15, -0.1) is 0 Å². The van der Waals surface area contributed by atoms with E-state index in [4.69, 9.17) is 5.73 Å². The minimum atomic E-state index is -2.92. The Bertz CT molecular complexity index is 1380. The van der Waals surface area contributed by atoms with Gasteiger partial charge in [-0.2, -0.15) is 11.8 Å². The molecule has 3 fully saturated rings. The van der Waals surface area contributed by atoms with Gasteiger partial charge in [0, 0.05) is 33.8 Å². The zero-order valence-electron chi connectivity index (χ0n) is 24.6. The molecule has 0 heterocycles. The van der Waals surface area contributed by atoms with Crippen LogP contribution in [0, 0.1) is 44.6 Å². The summed E-state index contributed by atoms with van der Waals surface area (Å²) in [6, 6.07) is 2.49. The number of aliphatic hydroxyl groups is 4. The van der Waals surface area contributed by atoms with E-state index in [-0.39, 0.29) is 10.8 Å². The molecule has 3 saturated carbocycles. The van der Waals surface area contributed by atoms with Crippen molar-refractivity contribution in [1.82, 2.24) is 0 Å². The first kappa shape index (κ1) is 31.8. The van der Waals surface area contributed by atoms with E-state index in [1.165, 1.54) is 13.0 Å². The van der Waals surface area contributed by atoms with Gasteiger partial charge in [0.15, 0.2) is 17.2 Å². The molecule has 0 aliphatic heterocycles. The Labute approximate surface area is 253 Å². The number of aromatic hydroxyl groups is 1. The smallest absolute Gasteiger partial charge is 0.311 e. The first-order chi connectivity index (χ1) is 20.0. The summed E-state index contributed by atoms with van der Waals surface area (Å²) in [5.74, 6) is -10.2. The monoisotopic (exact) mass is 620 g/mol. The van der Waals surface area contributed by atoms with Gasteiger partial charge in [0.05, 0.1) is 28.6 Å². The molecule has 43 heavy (non-hydrogen) atoms. The summed E-state index contributed by atoms with van der Waals surface area (Å²) in [7, 11) is 0. The van der Waals surface area contributed by atoms with E-state index in [0.717, 1.165) is 31.7 Å². The molecule has 4 aliphatic rings. The number of phenolic OH excluding ortho intramolecular Hbond substituents is 1. The number of nitro benzene ring substituents is 1. The highest BCUT2D eigenvalue weighted by Gasteiger charge is 2.80. The number of hydrogen-bond donors (Lipinski definition) is 6. The molecule has 7 N–H and O–H groups in total. The summed E-state index contributed by atoms with van der Waals surface area (Å²) >= 11 is 1.61. The highest BCUT2D eigenvalue weighted by Crippen LogP contribution is 2.69. The number of Topliss-reactive ketones (excluding diaryl/α,β-unsaturated/α-hetero) is 2. The summed E-state index contributed by atoms with van der Waals surface area (Å²) in [5.41, 5.74) is -1.82. The maximum atomic E-state index is 14.3. The van der Waals surface area contributed by atoms with Crippen molar-refractivity contribution in [3.63, 3.8) is 0 Å². The number of hydrogen-bond acceptors (Lipinski definition) is 11. The number of carbonyl (C=O) groups is 3. The molecule has 13 heteroatoms. The molecule has 0 saturated heterocycles. The van der Waals surface area contributed by atoms with Gasteiger partial charge >= 0.3 is 5.69 Å². The van der Waals surface area contributed by atoms with Crippen molar-refractivity contribution < 1.29 is 44.8 Å². The Morgan fingerprint density at radius 2 is 1.77 bits per heavy atom. The van der Waals surface area contributed by atoms with Crippen molar-refractivity contribution >= 4 is 34.9 Å². The van der Waals surface area contributed by atoms with Crippen LogP contribution in [0.1, 0.15) is 75.2 Å². The normalized spacial score (nSPS) is 41.1. The lowest BCUT2D eigenvalue weighted by molar-refractivity contribution is -0.385. The number of thioether (sulfide) groups is 1. The van der Waals surface area contributed by atoms with Crippen LogP contribution in [-0.4, -0.2) is 82.8 Å². The fraction of sp³-hybridized carbons (Fsp3) is 0.700. The molecule has 1 amide bonds. The quantitative estimate of drug-likeness (QED) is 0.152. The van der Waals surface area contributed by atoms with Gasteiger partial charge in [-0.05, 0) is 30.2 Å². The lowest BCUT2D eigenvalue weighted by Gasteiger charge is -2.69. The van der Waals surface area contributed by atoms with Crippen molar-refractivity contribution in [2.45, 2.75) is 88.5 Å². The number of nitro groups is 1. The molecule has 1 aromatic rings. The van der Waals surface area contributed by atoms with Gasteiger partial charge in [0.25, 0.3) is 0 Å². The van der Waals surface area contributed by atoms with Crippen LogP contribution in [0.15, 0.2) is 12.1 Å². The second kappa shape index (κ2) is 10.5. The number of primary amides is 1.